The molecule has 1 aromatic rings. The lowest BCUT2D eigenvalue weighted by molar-refractivity contribution is 0.250. The summed E-state index contributed by atoms with van der Waals surface area (Å²) in [5.41, 5.74) is 0.817. The molecule has 10 heavy (non-hydrogen) atoms. The number of anilines is 1. The van der Waals surface area contributed by atoms with E-state index < -0.39 is 6.23 Å². The molecule has 0 fully saturated rings. The number of nitrogens with one attached hydrogen (secondary N) is 1. The van der Waals surface area contributed by atoms with E-state index in [0.717, 1.165) is 5.69 Å². The highest BCUT2D eigenvalue weighted by molar-refractivity contribution is 5.41. The largest absolute Gasteiger partial charge is 0.374 e. The molecule has 1 aromatic heterocycles. The maximum atomic E-state index is 8.76. The fourth-order valence-electron chi connectivity index (χ4n) is 0.641. The van der Waals surface area contributed by atoms with E-state index in [-0.39, 0.29) is 0 Å². The molecule has 0 saturated carbocycles. The third-order valence-electron chi connectivity index (χ3n) is 1.01. The molecule has 0 aliphatic rings. The van der Waals surface area contributed by atoms with Crippen LogP contribution in [0.5, 0.6) is 0 Å². The van der Waals surface area contributed by atoms with Crippen molar-refractivity contribution in [2.24, 2.45) is 0 Å². The van der Waals surface area contributed by atoms with E-state index >= 15 is 0 Å². The number of aliphatic hydroxyl groups is 1. The van der Waals surface area contributed by atoms with E-state index in [0.29, 0.717) is 0 Å². The Kier molecular flexibility index (Phi) is 2.23. The van der Waals surface area contributed by atoms with Gasteiger partial charge in [0.05, 0.1) is 0 Å². The number of hydrogen-bond acceptors (Lipinski definition) is 3. The van der Waals surface area contributed by atoms with Gasteiger partial charge >= 0.3 is 0 Å². The van der Waals surface area contributed by atoms with Crippen LogP contribution >= 0.6 is 0 Å². The first-order chi connectivity index (χ1) is 4.79. The van der Waals surface area contributed by atoms with Crippen LogP contribution in [0.4, 0.5) is 5.69 Å². The van der Waals surface area contributed by atoms with Crippen molar-refractivity contribution in [1.82, 2.24) is 4.98 Å². The van der Waals surface area contributed by atoms with E-state index in [1.165, 1.54) is 0 Å². The Bertz CT molecular complexity index is 186. The topological polar surface area (TPSA) is 45.1 Å². The van der Waals surface area contributed by atoms with Gasteiger partial charge in [-0.25, -0.2) is 0 Å². The molecule has 1 atom stereocenters. The second-order valence-corrected chi connectivity index (χ2v) is 1.90. The summed E-state index contributed by atoms with van der Waals surface area (Å²) in [5.74, 6) is 0. The summed E-state index contributed by atoms with van der Waals surface area (Å²) < 4.78 is 0. The van der Waals surface area contributed by atoms with Crippen molar-refractivity contribution in [1.29, 1.82) is 0 Å². The SMILES string of the molecule is [CH2]C(O)Nc1ccncc1. The molecule has 1 heterocycles. The van der Waals surface area contributed by atoms with Gasteiger partial charge in [0.1, 0.15) is 6.23 Å². The van der Waals surface area contributed by atoms with E-state index in [1.807, 2.05) is 0 Å². The van der Waals surface area contributed by atoms with Crippen molar-refractivity contribution in [2.45, 2.75) is 6.23 Å². The van der Waals surface area contributed by atoms with Crippen molar-refractivity contribution in [3.8, 4) is 0 Å². The van der Waals surface area contributed by atoms with Crippen LogP contribution in [0, 0.1) is 6.92 Å². The molecular formula is C7H9N2O. The van der Waals surface area contributed by atoms with E-state index in [2.05, 4.69) is 17.2 Å². The minimum atomic E-state index is -0.762. The highest BCUT2D eigenvalue weighted by Gasteiger charge is 1.92. The zero-order valence-corrected chi connectivity index (χ0v) is 5.49. The Morgan fingerprint density at radius 1 is 1.50 bits per heavy atom. The fraction of sp³-hybridized carbons (Fsp3) is 0.143. The third-order valence-corrected chi connectivity index (χ3v) is 1.01. The van der Waals surface area contributed by atoms with Gasteiger partial charge in [-0.05, 0) is 19.1 Å². The van der Waals surface area contributed by atoms with Gasteiger partial charge in [-0.2, -0.15) is 0 Å². The maximum absolute atomic E-state index is 8.76. The Hall–Kier alpha value is -1.09. The standard InChI is InChI=1S/C7H9N2O/c1-6(10)9-7-2-4-8-5-3-7/h2-6,10H,1H2,(H,8,9). The van der Waals surface area contributed by atoms with E-state index in [4.69, 9.17) is 5.11 Å². The van der Waals surface area contributed by atoms with Crippen molar-refractivity contribution >= 4 is 5.69 Å². The summed E-state index contributed by atoms with van der Waals surface area (Å²) in [4.78, 5) is 3.81. The molecule has 0 spiro atoms. The molecule has 0 saturated heterocycles. The van der Waals surface area contributed by atoms with Crippen molar-refractivity contribution in [3.63, 3.8) is 0 Å². The molecule has 1 unspecified atom stereocenters. The Morgan fingerprint density at radius 3 is 2.60 bits per heavy atom. The molecule has 0 aliphatic heterocycles. The first-order valence-corrected chi connectivity index (χ1v) is 2.97. The number of aliphatic hydroxyl groups excluding tert-OH is 1. The molecule has 2 N–H and O–H groups in total. The number of aromatic nitrogens is 1. The average molecular weight is 137 g/mol. The summed E-state index contributed by atoms with van der Waals surface area (Å²) in [6.07, 6.45) is 2.53. The van der Waals surface area contributed by atoms with Crippen LogP contribution in [0.25, 0.3) is 0 Å². The average Bonchev–Trinajstić information content (AvgIpc) is 1.88. The first kappa shape index (κ1) is 7.02. The van der Waals surface area contributed by atoms with Gasteiger partial charge in [0.15, 0.2) is 0 Å². The van der Waals surface area contributed by atoms with Crippen LogP contribution in [0.15, 0.2) is 24.5 Å². The molecule has 0 aromatic carbocycles. The van der Waals surface area contributed by atoms with Crippen LogP contribution < -0.4 is 5.32 Å². The second-order valence-electron chi connectivity index (χ2n) is 1.90. The maximum Gasteiger partial charge on any atom is 0.124 e. The Morgan fingerprint density at radius 2 is 2.10 bits per heavy atom. The van der Waals surface area contributed by atoms with Crippen LogP contribution in [-0.4, -0.2) is 16.3 Å². The number of nitrogens with zero attached hydrogens (tertiary/aromatic N) is 1. The van der Waals surface area contributed by atoms with Crippen molar-refractivity contribution in [2.75, 3.05) is 5.32 Å². The van der Waals surface area contributed by atoms with Crippen LogP contribution in [0.3, 0.4) is 0 Å². The third kappa shape index (κ3) is 2.03. The highest BCUT2D eigenvalue weighted by Crippen LogP contribution is 2.03. The Balaban J connectivity index is 2.59. The summed E-state index contributed by atoms with van der Waals surface area (Å²) >= 11 is 0. The predicted molar refractivity (Wildman–Crippen MR) is 39.2 cm³/mol. The molecule has 3 nitrogen and oxygen atoms in total. The van der Waals surface area contributed by atoms with Gasteiger partial charge in [-0.1, -0.05) is 0 Å². The Labute approximate surface area is 59.7 Å². The van der Waals surface area contributed by atoms with Crippen molar-refractivity contribution < 1.29 is 5.11 Å². The molecule has 1 radical (unpaired) electrons. The number of pyridine rings is 1. The first-order valence-electron chi connectivity index (χ1n) is 2.97. The van der Waals surface area contributed by atoms with Gasteiger partial charge in [-0.15, -0.1) is 0 Å². The molecule has 0 amide bonds. The lowest BCUT2D eigenvalue weighted by Crippen LogP contribution is -2.13. The second kappa shape index (κ2) is 3.17. The summed E-state index contributed by atoms with van der Waals surface area (Å²) in [6.45, 7) is 3.36. The van der Waals surface area contributed by atoms with Gasteiger partial charge in [0.25, 0.3) is 0 Å². The zero-order chi connectivity index (χ0) is 7.40. The van der Waals surface area contributed by atoms with Crippen LogP contribution in [0.1, 0.15) is 0 Å². The zero-order valence-electron chi connectivity index (χ0n) is 5.49. The van der Waals surface area contributed by atoms with Gasteiger partial charge in [0, 0.05) is 18.1 Å². The fourth-order valence-corrected chi connectivity index (χ4v) is 0.641. The highest BCUT2D eigenvalue weighted by atomic mass is 16.3. The van der Waals surface area contributed by atoms with Crippen LogP contribution in [0.2, 0.25) is 0 Å². The van der Waals surface area contributed by atoms with E-state index in [1.54, 1.807) is 24.5 Å². The number of hydrogen-bond donors (Lipinski definition) is 2. The van der Waals surface area contributed by atoms with Gasteiger partial charge < -0.3 is 10.4 Å². The summed E-state index contributed by atoms with van der Waals surface area (Å²) in [7, 11) is 0. The summed E-state index contributed by atoms with van der Waals surface area (Å²) in [6, 6.07) is 3.52. The van der Waals surface area contributed by atoms with Crippen LogP contribution in [-0.2, 0) is 0 Å². The lowest BCUT2D eigenvalue weighted by Gasteiger charge is -2.06. The number of rotatable bonds is 2. The molecule has 3 heteroatoms. The molecule has 0 bridgehead atoms. The minimum absolute atomic E-state index is 0.762. The van der Waals surface area contributed by atoms with Crippen molar-refractivity contribution in [3.05, 3.63) is 31.5 Å². The normalized spacial score (nSPS) is 12.6. The monoisotopic (exact) mass is 137 g/mol. The lowest BCUT2D eigenvalue weighted by atomic mass is 10.4. The smallest absolute Gasteiger partial charge is 0.124 e. The molecule has 1 rings (SSSR count). The van der Waals surface area contributed by atoms with Gasteiger partial charge in [-0.3, -0.25) is 4.98 Å². The predicted octanol–water partition coefficient (Wildman–Crippen LogP) is 0.646. The van der Waals surface area contributed by atoms with Gasteiger partial charge in [0.2, 0.25) is 0 Å². The quantitative estimate of drug-likeness (QED) is 0.588. The molecular weight excluding hydrogens is 128 g/mol. The molecule has 53 valence electrons. The summed E-state index contributed by atoms with van der Waals surface area (Å²) in [5, 5.41) is 11.5. The molecule has 0 aliphatic carbocycles. The van der Waals surface area contributed by atoms with E-state index in [9.17, 15) is 0 Å². The minimum Gasteiger partial charge on any atom is -0.374 e.